The highest BCUT2D eigenvalue weighted by Crippen LogP contribution is 2.54. The number of hydrogen-bond donors (Lipinski definition) is 6. The van der Waals surface area contributed by atoms with Crippen molar-refractivity contribution in [1.82, 2.24) is 0 Å². The van der Waals surface area contributed by atoms with E-state index < -0.39 is 109 Å². The van der Waals surface area contributed by atoms with Gasteiger partial charge in [-0.3, -0.25) is 27.6 Å². The average molecular weight is 1190 g/mol. The molecule has 2 heterocycles. The van der Waals surface area contributed by atoms with Gasteiger partial charge in [0.05, 0.1) is 31.6 Å². The number of carboxylic acid groups (broad SMARTS) is 1. The zero-order valence-corrected chi connectivity index (χ0v) is 46.4. The molecular weight excluding hydrogens is 1130 g/mol. The minimum atomic E-state index is -5.31. The van der Waals surface area contributed by atoms with Gasteiger partial charge in [0.25, 0.3) is 50.6 Å². The molecule has 0 bridgehead atoms. The van der Waals surface area contributed by atoms with Gasteiger partial charge in [-0.25, -0.2) is 8.42 Å². The molecule has 29 heteroatoms. The summed E-state index contributed by atoms with van der Waals surface area (Å²) in [5, 5.41) is 8.88. The summed E-state index contributed by atoms with van der Waals surface area (Å²) in [4.78, 5) is 9.68. The Kier molecular flexibility index (Phi) is 18.1. The Labute approximate surface area is 446 Å². The lowest BCUT2D eigenvalue weighted by Gasteiger charge is -2.30. The van der Waals surface area contributed by atoms with Crippen LogP contribution < -0.4 is 4.90 Å². The number of methoxy groups -OCH3 is 1. The average Bonchev–Trinajstić information content (AvgIpc) is 3.67. The van der Waals surface area contributed by atoms with Crippen LogP contribution in [0.4, 0.5) is 11.4 Å². The Morgan fingerprint density at radius 3 is 1.77 bits per heavy atom. The number of nitrogens with zero attached hydrogens (tertiary/aromatic N) is 2. The highest BCUT2D eigenvalue weighted by molar-refractivity contribution is 7.87. The smallest absolute Gasteiger partial charge is 0.303 e. The standard InChI is InChI=1S/C48H56N2O21S6/c1-47(21-12-26-72(53,54)55)42(50(24-13-27-73(56,57)58)38-19-17-34-36(45(38)47)28-32(74(59,60)61)30-40(34)76(65,66)67)14-8-5-4-6-9-15-43-48(2,22-25-71-3)46-37-29-33(75(62,63)64)31-41(77(68,69)70)35(37)18-20-39(46)49(43)23-11-7-10-16-44(51)52/h4-6,8-9,14-15,17-20,28-31H,7,10-13,16,21-27H2,1-3H3,(H6-,51,52,53,54,55,56,57,58,59,60,61,62,63,64,65,66,67,68,69,70). The largest absolute Gasteiger partial charge is 0.744 e. The number of hydrogen-bond acceptors (Lipinski definition) is 16. The van der Waals surface area contributed by atoms with Crippen LogP contribution in [0.5, 0.6) is 0 Å². The zero-order valence-electron chi connectivity index (χ0n) is 41.5. The number of benzene rings is 4. The first-order valence-corrected chi connectivity index (χ1v) is 32.3. The summed E-state index contributed by atoms with van der Waals surface area (Å²) in [5.41, 5.74) is -0.276. The Hall–Kier alpha value is -5.28. The molecule has 0 aromatic heterocycles. The lowest BCUT2D eigenvalue weighted by Crippen LogP contribution is -2.32. The number of rotatable bonds is 25. The second-order valence-electron chi connectivity index (χ2n) is 18.8. The van der Waals surface area contributed by atoms with Crippen LogP contribution in [0.15, 0.2) is 116 Å². The number of carbonyl (C=O) groups is 1. The molecular formula is C48H56N2O21S6. The quantitative estimate of drug-likeness (QED) is 0.0193. The van der Waals surface area contributed by atoms with Gasteiger partial charge in [-0.2, -0.15) is 46.7 Å². The van der Waals surface area contributed by atoms with Crippen molar-refractivity contribution in [2.45, 2.75) is 95.6 Å². The molecule has 2 unspecified atom stereocenters. The molecule has 0 saturated carbocycles. The normalized spacial score (nSPS) is 19.3. The molecule has 23 nitrogen and oxygen atoms in total. The molecule has 0 amide bonds. The fourth-order valence-corrected chi connectivity index (χ4v) is 13.9. The van der Waals surface area contributed by atoms with Crippen molar-refractivity contribution in [3.05, 3.63) is 108 Å². The van der Waals surface area contributed by atoms with Gasteiger partial charge in [0.2, 0.25) is 5.69 Å². The van der Waals surface area contributed by atoms with Gasteiger partial charge in [0.1, 0.15) is 21.6 Å². The van der Waals surface area contributed by atoms with Crippen molar-refractivity contribution in [3.63, 3.8) is 0 Å². The van der Waals surface area contributed by atoms with Crippen molar-refractivity contribution >= 4 is 105 Å². The Balaban J connectivity index is 1.49. The van der Waals surface area contributed by atoms with E-state index in [0.717, 1.165) is 12.1 Å². The van der Waals surface area contributed by atoms with E-state index in [4.69, 9.17) is 4.74 Å². The van der Waals surface area contributed by atoms with Crippen LogP contribution in [0.2, 0.25) is 0 Å². The van der Waals surface area contributed by atoms with Crippen LogP contribution in [0.1, 0.15) is 76.3 Å². The zero-order chi connectivity index (χ0) is 57.3. The topological polar surface area (TPSA) is 382 Å². The molecule has 77 heavy (non-hydrogen) atoms. The molecule has 0 aliphatic carbocycles. The van der Waals surface area contributed by atoms with Crippen molar-refractivity contribution in [1.29, 1.82) is 0 Å². The predicted octanol–water partition coefficient (Wildman–Crippen LogP) is 5.95. The van der Waals surface area contributed by atoms with E-state index in [0.29, 0.717) is 54.1 Å². The van der Waals surface area contributed by atoms with Crippen molar-refractivity contribution in [2.24, 2.45) is 0 Å². The van der Waals surface area contributed by atoms with Gasteiger partial charge in [-0.15, -0.1) is 0 Å². The first kappa shape index (κ1) is 60.9. The first-order valence-electron chi connectivity index (χ1n) is 23.4. The number of aliphatic carboxylic acids is 1. The summed E-state index contributed by atoms with van der Waals surface area (Å²) in [6, 6.07) is 8.84. The second-order valence-corrected chi connectivity index (χ2v) is 27.6. The lowest BCUT2D eigenvalue weighted by atomic mass is 9.74. The molecule has 2 aliphatic heterocycles. The van der Waals surface area contributed by atoms with Gasteiger partial charge < -0.3 is 19.3 Å². The monoisotopic (exact) mass is 1190 g/mol. The summed E-state index contributed by atoms with van der Waals surface area (Å²) in [5.74, 6) is -2.45. The van der Waals surface area contributed by atoms with Crippen LogP contribution in [0, 0.1) is 0 Å². The lowest BCUT2D eigenvalue weighted by molar-refractivity contribution is -0.437. The SMILES string of the molecule is COCCC1(C)\C(=C/C=C/C=C/C=C/C2=[N+](CCCS(=O)(=O)O)c3ccc4c(S(=O)(=O)O)cc(S(=O)(=O)O)cc4c3C2(C)CCCS(=O)(=O)O)N(CCCCCC(=O)O)c2ccc3c(S(=O)(=O)[O-])cc(S(=O)(=O)O)cc3c21. The Bertz CT molecular complexity index is 3910. The van der Waals surface area contributed by atoms with E-state index >= 15 is 0 Å². The van der Waals surface area contributed by atoms with Crippen LogP contribution in [0.3, 0.4) is 0 Å². The molecule has 6 N–H and O–H groups in total. The molecule has 0 saturated heterocycles. The fraction of sp³-hybridized carbons (Fsp3) is 0.375. The van der Waals surface area contributed by atoms with Crippen LogP contribution in [0.25, 0.3) is 21.5 Å². The number of carboxylic acids is 1. The molecule has 420 valence electrons. The second kappa shape index (κ2) is 22.8. The molecule has 0 radical (unpaired) electrons. The van der Waals surface area contributed by atoms with E-state index in [1.54, 1.807) is 67.0 Å². The van der Waals surface area contributed by atoms with Gasteiger partial charge in [-0.05, 0) is 110 Å². The first-order chi connectivity index (χ1) is 35.5. The van der Waals surface area contributed by atoms with Crippen LogP contribution >= 0.6 is 0 Å². The maximum atomic E-state index is 12.7. The Morgan fingerprint density at radius 1 is 0.636 bits per heavy atom. The molecule has 0 spiro atoms. The van der Waals surface area contributed by atoms with Crippen molar-refractivity contribution in [2.75, 3.05) is 43.2 Å². The van der Waals surface area contributed by atoms with Gasteiger partial charge in [0, 0.05) is 73.0 Å². The number of anilines is 1. The summed E-state index contributed by atoms with van der Waals surface area (Å²) < 4.78 is 218. The van der Waals surface area contributed by atoms with E-state index in [9.17, 15) is 87.7 Å². The third kappa shape index (κ3) is 14.0. The summed E-state index contributed by atoms with van der Waals surface area (Å²) in [6.45, 7) is 3.68. The number of unbranched alkanes of at least 4 members (excludes halogenated alkanes) is 2. The third-order valence-corrected chi connectivity index (χ3v) is 18.6. The summed E-state index contributed by atoms with van der Waals surface area (Å²) in [6.07, 6.45) is 12.1. The number of allylic oxidation sites excluding steroid dienone is 8. The summed E-state index contributed by atoms with van der Waals surface area (Å²) >= 11 is 0. The molecule has 6 rings (SSSR count). The van der Waals surface area contributed by atoms with Crippen LogP contribution in [-0.2, 0) is 81.1 Å². The molecule has 2 aliphatic rings. The maximum absolute atomic E-state index is 12.7. The van der Waals surface area contributed by atoms with Crippen molar-refractivity contribution in [3.8, 4) is 0 Å². The van der Waals surface area contributed by atoms with Crippen LogP contribution in [-0.4, -0.2) is 137 Å². The molecule has 4 aromatic rings. The van der Waals surface area contributed by atoms with Gasteiger partial charge in [-0.1, -0.05) is 42.9 Å². The van der Waals surface area contributed by atoms with E-state index in [-0.39, 0.29) is 84.6 Å². The van der Waals surface area contributed by atoms with E-state index in [2.05, 4.69) is 0 Å². The third-order valence-electron chi connectivity index (χ3n) is 13.5. The molecule has 4 aromatic carbocycles. The highest BCUT2D eigenvalue weighted by atomic mass is 32.2. The predicted molar refractivity (Wildman–Crippen MR) is 282 cm³/mol. The van der Waals surface area contributed by atoms with E-state index in [1.165, 1.54) is 25.3 Å². The number of ether oxygens (including phenoxy) is 1. The number of fused-ring (bicyclic) bond motifs is 6. The van der Waals surface area contributed by atoms with Gasteiger partial charge >= 0.3 is 5.97 Å². The minimum Gasteiger partial charge on any atom is -0.744 e. The molecule has 0 fully saturated rings. The Morgan fingerprint density at radius 2 is 1.19 bits per heavy atom. The van der Waals surface area contributed by atoms with Crippen molar-refractivity contribution < 1.29 is 97.0 Å². The van der Waals surface area contributed by atoms with Gasteiger partial charge in [0.15, 0.2) is 5.71 Å². The minimum absolute atomic E-state index is 0.0493. The summed E-state index contributed by atoms with van der Waals surface area (Å²) in [7, 11) is -28.3. The maximum Gasteiger partial charge on any atom is 0.303 e. The highest BCUT2D eigenvalue weighted by Gasteiger charge is 2.49. The van der Waals surface area contributed by atoms with E-state index in [1.807, 2.05) is 4.90 Å². The molecule has 2 atom stereocenters. The fourth-order valence-electron chi connectivity index (χ4n) is 10.2.